The Morgan fingerprint density at radius 3 is 2.52 bits per heavy atom. The second-order valence-electron chi connectivity index (χ2n) is 6.37. The van der Waals surface area contributed by atoms with Gasteiger partial charge >= 0.3 is 6.03 Å². The number of rotatable bonds is 3. The predicted molar refractivity (Wildman–Crippen MR) is 97.9 cm³/mol. The molecule has 2 heterocycles. The third-order valence-electron chi connectivity index (χ3n) is 4.53. The highest BCUT2D eigenvalue weighted by molar-refractivity contribution is 6.30. The molecule has 0 atom stereocenters. The van der Waals surface area contributed by atoms with Crippen LogP contribution in [0.15, 0.2) is 41.2 Å². The third kappa shape index (κ3) is 4.60. The van der Waals surface area contributed by atoms with Gasteiger partial charge in [0.05, 0.1) is 0 Å². The summed E-state index contributed by atoms with van der Waals surface area (Å²) in [6, 6.07) is 10.7. The van der Waals surface area contributed by atoms with E-state index in [1.54, 1.807) is 11.9 Å². The van der Waals surface area contributed by atoms with E-state index in [4.69, 9.17) is 11.6 Å². The second kappa shape index (κ2) is 7.70. The zero-order valence-electron chi connectivity index (χ0n) is 14.1. The van der Waals surface area contributed by atoms with Gasteiger partial charge in [0, 0.05) is 31.2 Å². The number of halogens is 1. The summed E-state index contributed by atoms with van der Waals surface area (Å²) in [5.41, 5.74) is 1.07. The Morgan fingerprint density at radius 2 is 1.88 bits per heavy atom. The van der Waals surface area contributed by atoms with Crippen molar-refractivity contribution in [3.8, 4) is 0 Å². The number of carbonyl (C=O) groups is 1. The quantitative estimate of drug-likeness (QED) is 0.915. The van der Waals surface area contributed by atoms with Crippen LogP contribution in [0, 0.1) is 5.92 Å². The molecule has 0 spiro atoms. The maximum Gasteiger partial charge on any atom is 0.323 e. The van der Waals surface area contributed by atoms with Crippen LogP contribution in [-0.2, 0) is 13.5 Å². The van der Waals surface area contributed by atoms with Crippen LogP contribution in [0.3, 0.4) is 0 Å². The molecule has 0 aliphatic carbocycles. The number of amides is 2. The SMILES string of the molecule is Cn1nc(NC(=O)N2CCC(Cc3ccc(Cl)cc3)CC2)ccc1=O. The van der Waals surface area contributed by atoms with E-state index in [1.807, 2.05) is 12.1 Å². The highest BCUT2D eigenvalue weighted by Gasteiger charge is 2.23. The van der Waals surface area contributed by atoms with Crippen LogP contribution in [0.5, 0.6) is 0 Å². The van der Waals surface area contributed by atoms with E-state index in [9.17, 15) is 9.59 Å². The molecule has 2 aromatic rings. The van der Waals surface area contributed by atoms with E-state index in [0.29, 0.717) is 11.7 Å². The monoisotopic (exact) mass is 360 g/mol. The lowest BCUT2D eigenvalue weighted by atomic mass is 9.90. The Kier molecular flexibility index (Phi) is 5.38. The van der Waals surface area contributed by atoms with Crippen molar-refractivity contribution < 1.29 is 4.79 Å². The first-order valence-corrected chi connectivity index (χ1v) is 8.74. The number of nitrogens with one attached hydrogen (secondary N) is 1. The number of aryl methyl sites for hydroxylation is 1. The van der Waals surface area contributed by atoms with Gasteiger partial charge in [-0.05, 0) is 48.9 Å². The molecule has 1 aromatic heterocycles. The highest BCUT2D eigenvalue weighted by atomic mass is 35.5. The van der Waals surface area contributed by atoms with Gasteiger partial charge in [-0.1, -0.05) is 23.7 Å². The van der Waals surface area contributed by atoms with Gasteiger partial charge in [-0.3, -0.25) is 10.1 Å². The maximum atomic E-state index is 12.3. The average Bonchev–Trinajstić information content (AvgIpc) is 2.61. The molecular formula is C18H21ClN4O2. The molecule has 7 heteroatoms. The van der Waals surface area contributed by atoms with Gasteiger partial charge in [-0.25, -0.2) is 9.48 Å². The van der Waals surface area contributed by atoms with E-state index in [1.165, 1.54) is 22.4 Å². The zero-order valence-corrected chi connectivity index (χ0v) is 14.9. The molecule has 1 aliphatic heterocycles. The van der Waals surface area contributed by atoms with Crippen LogP contribution in [-0.4, -0.2) is 33.8 Å². The number of hydrogen-bond donors (Lipinski definition) is 1. The number of anilines is 1. The molecule has 25 heavy (non-hydrogen) atoms. The Balaban J connectivity index is 1.51. The maximum absolute atomic E-state index is 12.3. The standard InChI is InChI=1S/C18H21ClN4O2/c1-22-17(24)7-6-16(21-22)20-18(25)23-10-8-14(9-11-23)12-13-2-4-15(19)5-3-13/h2-7,14H,8-12H2,1H3,(H,20,21,25). The number of carbonyl (C=O) groups excluding carboxylic acids is 1. The van der Waals surface area contributed by atoms with Crippen molar-refractivity contribution in [1.82, 2.24) is 14.7 Å². The molecule has 0 bridgehead atoms. The van der Waals surface area contributed by atoms with E-state index < -0.39 is 0 Å². The molecule has 1 N–H and O–H groups in total. The first-order chi connectivity index (χ1) is 12.0. The van der Waals surface area contributed by atoms with Gasteiger partial charge in [-0.15, -0.1) is 0 Å². The van der Waals surface area contributed by atoms with Crippen LogP contribution < -0.4 is 10.9 Å². The molecule has 1 aliphatic rings. The summed E-state index contributed by atoms with van der Waals surface area (Å²) in [5, 5.41) is 7.52. The smallest absolute Gasteiger partial charge is 0.323 e. The van der Waals surface area contributed by atoms with Crippen LogP contribution in [0.1, 0.15) is 18.4 Å². The topological polar surface area (TPSA) is 67.2 Å². The number of benzene rings is 1. The summed E-state index contributed by atoms with van der Waals surface area (Å²) in [7, 11) is 1.56. The average molecular weight is 361 g/mol. The van der Waals surface area contributed by atoms with Gasteiger partial charge in [-0.2, -0.15) is 5.10 Å². The predicted octanol–water partition coefficient (Wildman–Crippen LogP) is 2.92. The summed E-state index contributed by atoms with van der Waals surface area (Å²) in [6.45, 7) is 1.44. The summed E-state index contributed by atoms with van der Waals surface area (Å²) in [6.07, 6.45) is 2.95. The van der Waals surface area contributed by atoms with Gasteiger partial charge in [0.1, 0.15) is 0 Å². The van der Waals surface area contributed by atoms with E-state index in [2.05, 4.69) is 22.5 Å². The summed E-state index contributed by atoms with van der Waals surface area (Å²) in [4.78, 5) is 25.5. The summed E-state index contributed by atoms with van der Waals surface area (Å²) < 4.78 is 1.20. The van der Waals surface area contributed by atoms with Crippen molar-refractivity contribution in [2.75, 3.05) is 18.4 Å². The Labute approximate surface area is 151 Å². The fourth-order valence-electron chi connectivity index (χ4n) is 3.05. The molecule has 1 saturated heterocycles. The lowest BCUT2D eigenvalue weighted by Crippen LogP contribution is -2.41. The summed E-state index contributed by atoms with van der Waals surface area (Å²) in [5.74, 6) is 0.955. The molecule has 1 aromatic carbocycles. The van der Waals surface area contributed by atoms with Crippen LogP contribution in [0.25, 0.3) is 0 Å². The Bertz CT molecular complexity index is 795. The fourth-order valence-corrected chi connectivity index (χ4v) is 3.18. The first-order valence-electron chi connectivity index (χ1n) is 8.36. The highest BCUT2D eigenvalue weighted by Crippen LogP contribution is 2.23. The number of urea groups is 1. The lowest BCUT2D eigenvalue weighted by molar-refractivity contribution is 0.182. The largest absolute Gasteiger partial charge is 0.324 e. The van der Waals surface area contributed by atoms with Gasteiger partial charge < -0.3 is 4.90 Å². The molecule has 6 nitrogen and oxygen atoms in total. The van der Waals surface area contributed by atoms with Crippen molar-refractivity contribution in [3.63, 3.8) is 0 Å². The third-order valence-corrected chi connectivity index (χ3v) is 4.79. The molecule has 1 fully saturated rings. The van der Waals surface area contributed by atoms with Crippen molar-refractivity contribution in [3.05, 3.63) is 57.3 Å². The minimum atomic E-state index is -0.207. The first kappa shape index (κ1) is 17.5. The van der Waals surface area contributed by atoms with Crippen LogP contribution in [0.4, 0.5) is 10.6 Å². The van der Waals surface area contributed by atoms with Crippen molar-refractivity contribution >= 4 is 23.4 Å². The van der Waals surface area contributed by atoms with Crippen LogP contribution in [0.2, 0.25) is 5.02 Å². The minimum Gasteiger partial charge on any atom is -0.324 e. The Morgan fingerprint density at radius 1 is 1.20 bits per heavy atom. The van der Waals surface area contributed by atoms with Gasteiger partial charge in [0.15, 0.2) is 5.82 Å². The summed E-state index contributed by atoms with van der Waals surface area (Å²) >= 11 is 5.92. The van der Waals surface area contributed by atoms with E-state index in [0.717, 1.165) is 37.4 Å². The van der Waals surface area contributed by atoms with Gasteiger partial charge in [0.2, 0.25) is 0 Å². The Hall–Kier alpha value is -2.34. The van der Waals surface area contributed by atoms with Crippen molar-refractivity contribution in [1.29, 1.82) is 0 Å². The molecular weight excluding hydrogens is 340 g/mol. The second-order valence-corrected chi connectivity index (χ2v) is 6.81. The molecule has 3 rings (SSSR count). The fraction of sp³-hybridized carbons (Fsp3) is 0.389. The van der Waals surface area contributed by atoms with Crippen molar-refractivity contribution in [2.45, 2.75) is 19.3 Å². The zero-order chi connectivity index (χ0) is 17.8. The van der Waals surface area contributed by atoms with Crippen molar-refractivity contribution in [2.24, 2.45) is 13.0 Å². The number of piperidine rings is 1. The molecule has 2 amide bonds. The number of hydrogen-bond acceptors (Lipinski definition) is 3. The molecule has 0 saturated carbocycles. The number of likely N-dealkylation sites (tertiary alicyclic amines) is 1. The number of nitrogens with zero attached hydrogens (tertiary/aromatic N) is 3. The number of aromatic nitrogens is 2. The van der Waals surface area contributed by atoms with E-state index in [-0.39, 0.29) is 11.6 Å². The van der Waals surface area contributed by atoms with E-state index >= 15 is 0 Å². The normalized spacial score (nSPS) is 15.2. The molecule has 132 valence electrons. The van der Waals surface area contributed by atoms with Gasteiger partial charge in [0.25, 0.3) is 5.56 Å². The lowest BCUT2D eigenvalue weighted by Gasteiger charge is -2.32. The molecule has 0 radical (unpaired) electrons. The molecule has 0 unspecified atom stereocenters. The minimum absolute atomic E-state index is 0.170. The van der Waals surface area contributed by atoms with Crippen LogP contribution >= 0.6 is 11.6 Å².